The van der Waals surface area contributed by atoms with Crippen molar-refractivity contribution in [3.63, 3.8) is 0 Å². The molecule has 0 rings (SSSR count). The van der Waals surface area contributed by atoms with Crippen LogP contribution in [0.2, 0.25) is 0 Å². The van der Waals surface area contributed by atoms with Gasteiger partial charge < -0.3 is 14.7 Å². The Hall–Kier alpha value is -1.10. The summed E-state index contributed by atoms with van der Waals surface area (Å²) in [6.07, 6.45) is 0. The molecule has 0 radical (unpaired) electrons. The molecular weight excluding hydrogens is 198 g/mol. The third-order valence-corrected chi connectivity index (χ3v) is 2.08. The summed E-state index contributed by atoms with van der Waals surface area (Å²) >= 11 is 0. The quantitative estimate of drug-likeness (QED) is 0.678. The molecule has 0 aromatic carbocycles. The van der Waals surface area contributed by atoms with Gasteiger partial charge in [0.1, 0.15) is 6.61 Å². The molecular formula is C10H19NO4. The number of carbonyl (C=O) groups is 2. The molecule has 0 aromatic rings. The minimum atomic E-state index is -0.891. The van der Waals surface area contributed by atoms with Gasteiger partial charge in [0.2, 0.25) is 5.91 Å². The lowest BCUT2D eigenvalue weighted by atomic mass is 10.1. The lowest BCUT2D eigenvalue weighted by Crippen LogP contribution is -2.38. The number of hydrogen-bond donors (Lipinski definition) is 1. The first kappa shape index (κ1) is 13.9. The van der Waals surface area contributed by atoms with E-state index in [1.807, 2.05) is 13.8 Å². The monoisotopic (exact) mass is 217 g/mol. The van der Waals surface area contributed by atoms with Gasteiger partial charge in [-0.1, -0.05) is 6.92 Å². The average molecular weight is 217 g/mol. The SMILES string of the molecule is CCOCC(=O)N(CC)CC(C)C(=O)O. The first-order valence-electron chi connectivity index (χ1n) is 5.11. The number of carbonyl (C=O) groups excluding carboxylic acids is 1. The molecule has 0 saturated carbocycles. The van der Waals surface area contributed by atoms with Crippen LogP contribution in [0, 0.1) is 5.92 Å². The molecule has 5 nitrogen and oxygen atoms in total. The molecule has 0 saturated heterocycles. The Bertz CT molecular complexity index is 217. The predicted molar refractivity (Wildman–Crippen MR) is 55.5 cm³/mol. The number of aliphatic carboxylic acids is 1. The molecule has 0 bridgehead atoms. The summed E-state index contributed by atoms with van der Waals surface area (Å²) in [4.78, 5) is 23.6. The van der Waals surface area contributed by atoms with Crippen molar-refractivity contribution in [1.82, 2.24) is 4.90 Å². The van der Waals surface area contributed by atoms with E-state index in [0.29, 0.717) is 13.2 Å². The predicted octanol–water partition coefficient (Wildman–Crippen LogP) is 0.592. The Morgan fingerprint density at radius 3 is 2.40 bits per heavy atom. The third kappa shape index (κ3) is 5.37. The highest BCUT2D eigenvalue weighted by Crippen LogP contribution is 2.01. The molecule has 1 unspecified atom stereocenters. The van der Waals surface area contributed by atoms with Crippen LogP contribution < -0.4 is 0 Å². The van der Waals surface area contributed by atoms with Gasteiger partial charge in [-0.15, -0.1) is 0 Å². The summed E-state index contributed by atoms with van der Waals surface area (Å²) in [5.74, 6) is -1.60. The maximum absolute atomic E-state index is 11.5. The number of ether oxygens (including phenoxy) is 1. The van der Waals surface area contributed by atoms with Crippen molar-refractivity contribution in [2.75, 3.05) is 26.3 Å². The molecule has 15 heavy (non-hydrogen) atoms. The molecule has 0 heterocycles. The van der Waals surface area contributed by atoms with Gasteiger partial charge in [-0.25, -0.2) is 0 Å². The fourth-order valence-electron chi connectivity index (χ4n) is 1.10. The standard InChI is InChI=1S/C10H19NO4/c1-4-11(6-8(3)10(13)14)9(12)7-15-5-2/h8H,4-7H2,1-3H3,(H,13,14). The Morgan fingerprint density at radius 2 is 2.00 bits per heavy atom. The second kappa shape index (κ2) is 7.23. The van der Waals surface area contributed by atoms with Crippen molar-refractivity contribution in [3.05, 3.63) is 0 Å². The van der Waals surface area contributed by atoms with Crippen molar-refractivity contribution in [2.24, 2.45) is 5.92 Å². The van der Waals surface area contributed by atoms with Crippen LogP contribution in [0.4, 0.5) is 0 Å². The molecule has 0 spiro atoms. The molecule has 1 amide bonds. The molecule has 5 heteroatoms. The lowest BCUT2D eigenvalue weighted by Gasteiger charge is -2.22. The van der Waals surface area contributed by atoms with Crippen LogP contribution in [0.15, 0.2) is 0 Å². The fraction of sp³-hybridized carbons (Fsp3) is 0.800. The van der Waals surface area contributed by atoms with Crippen LogP contribution in [0.5, 0.6) is 0 Å². The normalized spacial score (nSPS) is 12.2. The van der Waals surface area contributed by atoms with E-state index in [-0.39, 0.29) is 19.1 Å². The summed E-state index contributed by atoms with van der Waals surface area (Å²) in [7, 11) is 0. The number of carboxylic acids is 1. The molecule has 0 fully saturated rings. The van der Waals surface area contributed by atoms with E-state index in [0.717, 1.165) is 0 Å². The van der Waals surface area contributed by atoms with Gasteiger partial charge in [0.05, 0.1) is 5.92 Å². The maximum Gasteiger partial charge on any atom is 0.308 e. The number of carboxylic acid groups (broad SMARTS) is 1. The zero-order chi connectivity index (χ0) is 11.8. The van der Waals surface area contributed by atoms with E-state index in [1.165, 1.54) is 4.90 Å². The van der Waals surface area contributed by atoms with E-state index < -0.39 is 11.9 Å². The highest BCUT2D eigenvalue weighted by Gasteiger charge is 2.18. The molecule has 1 N–H and O–H groups in total. The zero-order valence-corrected chi connectivity index (χ0v) is 9.52. The maximum atomic E-state index is 11.5. The smallest absolute Gasteiger partial charge is 0.308 e. The largest absolute Gasteiger partial charge is 0.481 e. The molecule has 0 aliphatic carbocycles. The van der Waals surface area contributed by atoms with E-state index in [4.69, 9.17) is 9.84 Å². The van der Waals surface area contributed by atoms with Crippen molar-refractivity contribution < 1.29 is 19.4 Å². The van der Waals surface area contributed by atoms with Gasteiger partial charge in [0, 0.05) is 19.7 Å². The van der Waals surface area contributed by atoms with Gasteiger partial charge in [-0.05, 0) is 13.8 Å². The first-order chi connectivity index (χ1) is 7.02. The number of hydrogen-bond acceptors (Lipinski definition) is 3. The fourth-order valence-corrected chi connectivity index (χ4v) is 1.10. The van der Waals surface area contributed by atoms with Gasteiger partial charge in [0.15, 0.2) is 0 Å². The third-order valence-electron chi connectivity index (χ3n) is 2.08. The van der Waals surface area contributed by atoms with Crippen LogP contribution in [-0.2, 0) is 14.3 Å². The van der Waals surface area contributed by atoms with Gasteiger partial charge in [-0.2, -0.15) is 0 Å². The average Bonchev–Trinajstić information content (AvgIpc) is 2.21. The molecule has 0 aromatic heterocycles. The molecule has 0 aliphatic rings. The zero-order valence-electron chi connectivity index (χ0n) is 9.52. The molecule has 88 valence electrons. The number of amides is 1. The Kier molecular flexibility index (Phi) is 6.70. The summed E-state index contributed by atoms with van der Waals surface area (Å²) in [6.45, 7) is 6.45. The number of nitrogens with zero attached hydrogens (tertiary/aromatic N) is 1. The Balaban J connectivity index is 4.11. The number of rotatable bonds is 7. The summed E-state index contributed by atoms with van der Waals surface area (Å²) in [6, 6.07) is 0. The van der Waals surface area contributed by atoms with E-state index in [1.54, 1.807) is 6.92 Å². The van der Waals surface area contributed by atoms with Crippen LogP contribution in [0.25, 0.3) is 0 Å². The summed E-state index contributed by atoms with van der Waals surface area (Å²) in [5.41, 5.74) is 0. The van der Waals surface area contributed by atoms with Gasteiger partial charge >= 0.3 is 5.97 Å². The minimum absolute atomic E-state index is 0.0245. The van der Waals surface area contributed by atoms with Gasteiger partial charge in [0.25, 0.3) is 0 Å². The van der Waals surface area contributed by atoms with E-state index >= 15 is 0 Å². The highest BCUT2D eigenvalue weighted by molar-refractivity contribution is 5.78. The second-order valence-electron chi connectivity index (χ2n) is 3.31. The Morgan fingerprint density at radius 1 is 1.40 bits per heavy atom. The van der Waals surface area contributed by atoms with Crippen molar-refractivity contribution in [1.29, 1.82) is 0 Å². The molecule has 1 atom stereocenters. The van der Waals surface area contributed by atoms with E-state index in [2.05, 4.69) is 0 Å². The van der Waals surface area contributed by atoms with Crippen LogP contribution >= 0.6 is 0 Å². The first-order valence-corrected chi connectivity index (χ1v) is 5.11. The number of likely N-dealkylation sites (N-methyl/N-ethyl adjacent to an activating group) is 1. The topological polar surface area (TPSA) is 66.8 Å². The second-order valence-corrected chi connectivity index (χ2v) is 3.31. The minimum Gasteiger partial charge on any atom is -0.481 e. The summed E-state index contributed by atoms with van der Waals surface area (Å²) < 4.78 is 4.98. The van der Waals surface area contributed by atoms with E-state index in [9.17, 15) is 9.59 Å². The van der Waals surface area contributed by atoms with Gasteiger partial charge in [-0.3, -0.25) is 9.59 Å². The van der Waals surface area contributed by atoms with Crippen molar-refractivity contribution in [3.8, 4) is 0 Å². The summed E-state index contributed by atoms with van der Waals surface area (Å²) in [5, 5.41) is 8.72. The van der Waals surface area contributed by atoms with Crippen molar-refractivity contribution in [2.45, 2.75) is 20.8 Å². The van der Waals surface area contributed by atoms with Crippen molar-refractivity contribution >= 4 is 11.9 Å². The van der Waals surface area contributed by atoms with Crippen LogP contribution in [0.1, 0.15) is 20.8 Å². The van der Waals surface area contributed by atoms with Crippen LogP contribution in [0.3, 0.4) is 0 Å². The van der Waals surface area contributed by atoms with Crippen LogP contribution in [-0.4, -0.2) is 48.2 Å². The highest BCUT2D eigenvalue weighted by atomic mass is 16.5. The Labute approximate surface area is 90.0 Å². The molecule has 0 aliphatic heterocycles. The lowest BCUT2D eigenvalue weighted by molar-refractivity contribution is -0.144.